The number of aromatic nitrogens is 2. The Morgan fingerprint density at radius 3 is 2.50 bits per heavy atom. The third-order valence-corrected chi connectivity index (χ3v) is 5.01. The van der Waals surface area contributed by atoms with E-state index in [0.717, 1.165) is 17.2 Å². The largest absolute Gasteiger partial charge is 0.493 e. The summed E-state index contributed by atoms with van der Waals surface area (Å²) in [7, 11) is 0. The van der Waals surface area contributed by atoms with E-state index in [1.165, 1.54) is 12.1 Å². The zero-order valence-corrected chi connectivity index (χ0v) is 17.4. The Balaban J connectivity index is 1.75. The third-order valence-electron chi connectivity index (χ3n) is 5.01. The lowest BCUT2D eigenvalue weighted by atomic mass is 9.96. The van der Waals surface area contributed by atoms with Gasteiger partial charge in [-0.25, -0.2) is 4.98 Å². The summed E-state index contributed by atoms with van der Waals surface area (Å²) in [6, 6.07) is 14.0. The average molecular weight is 439 g/mol. The highest BCUT2D eigenvalue weighted by molar-refractivity contribution is 5.78. The van der Waals surface area contributed by atoms with Crippen LogP contribution in [0.1, 0.15) is 18.1 Å². The van der Waals surface area contributed by atoms with E-state index < -0.39 is 11.7 Å². The highest BCUT2D eigenvalue weighted by Crippen LogP contribution is 2.42. The van der Waals surface area contributed by atoms with Gasteiger partial charge < -0.3 is 15.0 Å². The van der Waals surface area contributed by atoms with Crippen LogP contribution in [0.2, 0.25) is 0 Å². The first-order chi connectivity index (χ1) is 15.3. The van der Waals surface area contributed by atoms with E-state index in [9.17, 15) is 13.2 Å². The second kappa shape index (κ2) is 8.37. The van der Waals surface area contributed by atoms with Gasteiger partial charge in [-0.05, 0) is 49.2 Å². The molecule has 2 N–H and O–H groups in total. The molecule has 0 bridgehead atoms. The lowest BCUT2D eigenvalue weighted by Crippen LogP contribution is -2.07. The van der Waals surface area contributed by atoms with Crippen LogP contribution in [0.5, 0.6) is 5.75 Å². The lowest BCUT2D eigenvalue weighted by Gasteiger charge is -2.16. The van der Waals surface area contributed by atoms with Crippen LogP contribution in [0.25, 0.3) is 33.7 Å². The van der Waals surface area contributed by atoms with E-state index in [2.05, 4.69) is 10.1 Å². The average Bonchev–Trinajstić information content (AvgIpc) is 3.26. The number of pyridine rings is 1. The predicted octanol–water partition coefficient (Wildman–Crippen LogP) is 6.38. The maximum Gasteiger partial charge on any atom is 0.417 e. The van der Waals surface area contributed by atoms with Crippen molar-refractivity contribution in [1.82, 2.24) is 10.1 Å². The van der Waals surface area contributed by atoms with Crippen molar-refractivity contribution in [3.8, 4) is 39.5 Å². The van der Waals surface area contributed by atoms with Crippen molar-refractivity contribution in [1.29, 1.82) is 0 Å². The molecule has 0 aliphatic heterocycles. The standard InChI is InChI=1S/C24H20F3N3O2/c1-3-31-22-11-15(8-9-18(22)17-6-4-5-7-19(17)24(25,26)27)21-12-20(30-32-21)16-10-14(2)23(28)29-13-16/h4-13H,3H2,1-2H3,(H2,28,29). The van der Waals surface area contributed by atoms with E-state index in [1.807, 2.05) is 13.0 Å². The third kappa shape index (κ3) is 4.16. The molecule has 0 saturated carbocycles. The van der Waals surface area contributed by atoms with E-state index in [0.29, 0.717) is 40.8 Å². The number of alkyl halides is 3. The fourth-order valence-corrected chi connectivity index (χ4v) is 3.41. The monoisotopic (exact) mass is 439 g/mol. The van der Waals surface area contributed by atoms with Gasteiger partial charge in [0.2, 0.25) is 0 Å². The van der Waals surface area contributed by atoms with Crippen LogP contribution in [0.3, 0.4) is 0 Å². The number of halogens is 3. The maximum atomic E-state index is 13.5. The molecule has 2 aromatic carbocycles. The highest BCUT2D eigenvalue weighted by Gasteiger charge is 2.34. The molecule has 8 heteroatoms. The van der Waals surface area contributed by atoms with Crippen molar-refractivity contribution in [3.63, 3.8) is 0 Å². The fraction of sp³-hybridized carbons (Fsp3) is 0.167. The number of rotatable bonds is 5. The van der Waals surface area contributed by atoms with Crippen molar-refractivity contribution < 1.29 is 22.4 Å². The molecule has 0 fully saturated rings. The Morgan fingerprint density at radius 2 is 1.78 bits per heavy atom. The number of nitrogen functional groups attached to an aromatic ring is 1. The molecular formula is C24H20F3N3O2. The topological polar surface area (TPSA) is 74.2 Å². The van der Waals surface area contributed by atoms with Crippen molar-refractivity contribution in [2.24, 2.45) is 0 Å². The molecule has 5 nitrogen and oxygen atoms in total. The lowest BCUT2D eigenvalue weighted by molar-refractivity contribution is -0.137. The second-order valence-corrected chi connectivity index (χ2v) is 7.19. The smallest absolute Gasteiger partial charge is 0.417 e. The summed E-state index contributed by atoms with van der Waals surface area (Å²) < 4.78 is 51.8. The molecule has 0 aliphatic rings. The number of anilines is 1. The number of hydrogen-bond donors (Lipinski definition) is 1. The van der Waals surface area contributed by atoms with Crippen LogP contribution in [-0.4, -0.2) is 16.7 Å². The van der Waals surface area contributed by atoms with Crippen LogP contribution in [-0.2, 0) is 6.18 Å². The Labute approximate surface area is 182 Å². The van der Waals surface area contributed by atoms with Crippen LogP contribution in [0.15, 0.2) is 65.3 Å². The predicted molar refractivity (Wildman–Crippen MR) is 116 cm³/mol. The summed E-state index contributed by atoms with van der Waals surface area (Å²) in [5, 5.41) is 4.09. The Morgan fingerprint density at radius 1 is 1.00 bits per heavy atom. The Hall–Kier alpha value is -3.81. The summed E-state index contributed by atoms with van der Waals surface area (Å²) in [6.45, 7) is 3.91. The van der Waals surface area contributed by atoms with Gasteiger partial charge in [0, 0.05) is 29.0 Å². The van der Waals surface area contributed by atoms with Gasteiger partial charge in [0.25, 0.3) is 0 Å². The Kier molecular flexibility index (Phi) is 5.61. The summed E-state index contributed by atoms with van der Waals surface area (Å²) in [5.41, 5.74) is 8.21. The number of benzene rings is 2. The molecule has 0 aliphatic carbocycles. The molecule has 0 saturated heterocycles. The highest BCUT2D eigenvalue weighted by atomic mass is 19.4. The number of hydrogen-bond acceptors (Lipinski definition) is 5. The Bertz CT molecular complexity index is 1270. The van der Waals surface area contributed by atoms with Gasteiger partial charge in [0.1, 0.15) is 17.3 Å². The van der Waals surface area contributed by atoms with Gasteiger partial charge in [-0.2, -0.15) is 13.2 Å². The van der Waals surface area contributed by atoms with Gasteiger partial charge in [-0.3, -0.25) is 0 Å². The van der Waals surface area contributed by atoms with E-state index in [4.69, 9.17) is 15.0 Å². The second-order valence-electron chi connectivity index (χ2n) is 7.19. The maximum absolute atomic E-state index is 13.5. The van der Waals surface area contributed by atoms with Crippen LogP contribution >= 0.6 is 0 Å². The van der Waals surface area contributed by atoms with Crippen molar-refractivity contribution in [2.75, 3.05) is 12.3 Å². The number of aryl methyl sites for hydroxylation is 1. The van der Waals surface area contributed by atoms with E-state index in [-0.39, 0.29) is 5.56 Å². The van der Waals surface area contributed by atoms with Gasteiger partial charge in [0.05, 0.1) is 12.2 Å². The molecule has 0 spiro atoms. The number of ether oxygens (including phenoxy) is 1. The van der Waals surface area contributed by atoms with Gasteiger partial charge in [-0.1, -0.05) is 29.4 Å². The molecule has 0 unspecified atom stereocenters. The molecule has 0 radical (unpaired) electrons. The molecule has 0 amide bonds. The molecule has 2 heterocycles. The molecular weight excluding hydrogens is 419 g/mol. The number of nitrogens with zero attached hydrogens (tertiary/aromatic N) is 2. The zero-order chi connectivity index (χ0) is 22.9. The minimum atomic E-state index is -4.48. The zero-order valence-electron chi connectivity index (χ0n) is 17.4. The molecule has 2 aromatic heterocycles. The van der Waals surface area contributed by atoms with Crippen LogP contribution < -0.4 is 10.5 Å². The SMILES string of the molecule is CCOc1cc(-c2cc(-c3cnc(N)c(C)c3)no2)ccc1-c1ccccc1C(F)(F)F. The first kappa shape index (κ1) is 21.4. The molecule has 164 valence electrons. The summed E-state index contributed by atoms with van der Waals surface area (Å²) in [4.78, 5) is 4.13. The number of nitrogens with two attached hydrogens (primary N) is 1. The molecule has 4 rings (SSSR count). The van der Waals surface area contributed by atoms with E-state index >= 15 is 0 Å². The van der Waals surface area contributed by atoms with Gasteiger partial charge in [-0.15, -0.1) is 0 Å². The van der Waals surface area contributed by atoms with Crippen molar-refractivity contribution in [2.45, 2.75) is 20.0 Å². The van der Waals surface area contributed by atoms with E-state index in [1.54, 1.807) is 43.5 Å². The normalized spacial score (nSPS) is 11.5. The summed E-state index contributed by atoms with van der Waals surface area (Å²) in [5.74, 6) is 1.21. The molecule has 4 aromatic rings. The summed E-state index contributed by atoms with van der Waals surface area (Å²) in [6.07, 6.45) is -2.88. The fourth-order valence-electron chi connectivity index (χ4n) is 3.41. The van der Waals surface area contributed by atoms with Gasteiger partial charge >= 0.3 is 6.18 Å². The molecule has 0 atom stereocenters. The molecule has 32 heavy (non-hydrogen) atoms. The van der Waals surface area contributed by atoms with Crippen LogP contribution in [0.4, 0.5) is 19.0 Å². The first-order valence-corrected chi connectivity index (χ1v) is 9.91. The minimum absolute atomic E-state index is 0.0525. The summed E-state index contributed by atoms with van der Waals surface area (Å²) >= 11 is 0. The minimum Gasteiger partial charge on any atom is -0.493 e. The first-order valence-electron chi connectivity index (χ1n) is 9.91. The van der Waals surface area contributed by atoms with Crippen molar-refractivity contribution >= 4 is 5.82 Å². The van der Waals surface area contributed by atoms with Crippen molar-refractivity contribution in [3.05, 3.63) is 71.9 Å². The van der Waals surface area contributed by atoms with Crippen LogP contribution in [0, 0.1) is 6.92 Å². The van der Waals surface area contributed by atoms with Gasteiger partial charge in [0.15, 0.2) is 5.76 Å². The quantitative estimate of drug-likeness (QED) is 0.391.